The molecule has 0 bridgehead atoms. The van der Waals surface area contributed by atoms with Crippen LogP contribution >= 0.6 is 0 Å². The molecule has 2 rings (SSSR count). The van der Waals surface area contributed by atoms with E-state index < -0.39 is 0 Å². The Bertz CT molecular complexity index is 559. The van der Waals surface area contributed by atoms with E-state index in [-0.39, 0.29) is 6.61 Å². The van der Waals surface area contributed by atoms with Crippen LogP contribution in [0.4, 0.5) is 0 Å². The van der Waals surface area contributed by atoms with Crippen molar-refractivity contribution in [3.8, 4) is 0 Å². The van der Waals surface area contributed by atoms with Crippen LogP contribution in [-0.4, -0.2) is 20.1 Å². The second-order valence-electron chi connectivity index (χ2n) is 5.18. The zero-order chi connectivity index (χ0) is 14.5. The predicted octanol–water partition coefficient (Wildman–Crippen LogP) is 3.03. The molecule has 0 saturated heterocycles. The molecule has 1 aromatic carbocycles. The first kappa shape index (κ1) is 14.7. The van der Waals surface area contributed by atoms with Crippen molar-refractivity contribution < 1.29 is 5.11 Å². The minimum absolute atomic E-state index is 0.0421. The molecule has 0 radical (unpaired) electrons. The lowest BCUT2D eigenvalue weighted by atomic mass is 9.97. The van der Waals surface area contributed by atoms with Gasteiger partial charge in [0, 0.05) is 5.92 Å². The molecule has 4 nitrogen and oxygen atoms in total. The van der Waals surface area contributed by atoms with E-state index >= 15 is 0 Å². The molecular weight excluding hydrogens is 250 g/mol. The number of nitrogens with zero attached hydrogens (tertiary/aromatic N) is 3. The normalized spacial score (nSPS) is 11.2. The van der Waals surface area contributed by atoms with Crippen molar-refractivity contribution in [2.24, 2.45) is 0 Å². The Kier molecular flexibility index (Phi) is 4.90. The van der Waals surface area contributed by atoms with Crippen molar-refractivity contribution in [1.82, 2.24) is 15.0 Å². The molecule has 0 amide bonds. The third kappa shape index (κ3) is 2.90. The molecule has 0 atom stereocenters. The van der Waals surface area contributed by atoms with E-state index in [1.807, 2.05) is 16.8 Å². The van der Waals surface area contributed by atoms with Crippen LogP contribution < -0.4 is 0 Å². The summed E-state index contributed by atoms with van der Waals surface area (Å²) in [6.45, 7) is 7.11. The van der Waals surface area contributed by atoms with E-state index in [1.54, 1.807) is 0 Å². The van der Waals surface area contributed by atoms with Crippen molar-refractivity contribution in [3.05, 3.63) is 46.8 Å². The average Bonchev–Trinajstić information content (AvgIpc) is 2.86. The summed E-state index contributed by atoms with van der Waals surface area (Å²) in [5, 5.41) is 17.9. The lowest BCUT2D eigenvalue weighted by molar-refractivity contribution is 0.274. The Balaban J connectivity index is 2.37. The summed E-state index contributed by atoms with van der Waals surface area (Å²) in [5.74, 6) is 0.399. The van der Waals surface area contributed by atoms with Crippen molar-refractivity contribution in [3.63, 3.8) is 0 Å². The third-order valence-electron chi connectivity index (χ3n) is 3.95. The van der Waals surface area contributed by atoms with Crippen molar-refractivity contribution in [1.29, 1.82) is 0 Å². The SMILES string of the molecule is CCC(CC)c1c(CO)nnn1Cc1ccccc1C. The second kappa shape index (κ2) is 6.66. The first-order chi connectivity index (χ1) is 9.71. The number of hydrogen-bond acceptors (Lipinski definition) is 3. The smallest absolute Gasteiger partial charge is 0.112 e. The van der Waals surface area contributed by atoms with Gasteiger partial charge in [-0.1, -0.05) is 43.3 Å². The third-order valence-corrected chi connectivity index (χ3v) is 3.95. The van der Waals surface area contributed by atoms with E-state index in [0.29, 0.717) is 18.2 Å². The molecule has 0 aliphatic carbocycles. The fourth-order valence-corrected chi connectivity index (χ4v) is 2.66. The average molecular weight is 273 g/mol. The van der Waals surface area contributed by atoms with E-state index in [0.717, 1.165) is 18.5 Å². The van der Waals surface area contributed by atoms with Gasteiger partial charge in [-0.3, -0.25) is 0 Å². The molecule has 1 aromatic heterocycles. The number of rotatable bonds is 6. The Hall–Kier alpha value is -1.68. The zero-order valence-corrected chi connectivity index (χ0v) is 12.5. The molecule has 2 aromatic rings. The molecule has 0 fully saturated rings. The van der Waals surface area contributed by atoms with Gasteiger partial charge in [0.05, 0.1) is 18.8 Å². The fourth-order valence-electron chi connectivity index (χ4n) is 2.66. The molecule has 0 spiro atoms. The van der Waals surface area contributed by atoms with Crippen LogP contribution in [0.15, 0.2) is 24.3 Å². The maximum Gasteiger partial charge on any atom is 0.112 e. The molecule has 1 heterocycles. The molecule has 0 saturated carbocycles. The highest BCUT2D eigenvalue weighted by molar-refractivity contribution is 5.26. The van der Waals surface area contributed by atoms with Crippen molar-refractivity contribution in [2.45, 2.75) is 52.7 Å². The van der Waals surface area contributed by atoms with Crippen LogP contribution in [0.1, 0.15) is 55.1 Å². The lowest BCUT2D eigenvalue weighted by Gasteiger charge is -2.16. The summed E-state index contributed by atoms with van der Waals surface area (Å²) in [7, 11) is 0. The van der Waals surface area contributed by atoms with E-state index in [2.05, 4.69) is 43.2 Å². The topological polar surface area (TPSA) is 50.9 Å². The van der Waals surface area contributed by atoms with Gasteiger partial charge in [-0.25, -0.2) is 4.68 Å². The minimum Gasteiger partial charge on any atom is -0.390 e. The lowest BCUT2D eigenvalue weighted by Crippen LogP contribution is -2.12. The Morgan fingerprint density at radius 3 is 2.50 bits per heavy atom. The first-order valence-electron chi connectivity index (χ1n) is 7.28. The number of aliphatic hydroxyl groups is 1. The van der Waals surface area contributed by atoms with Crippen LogP contribution in [0, 0.1) is 6.92 Å². The van der Waals surface area contributed by atoms with Gasteiger partial charge < -0.3 is 5.11 Å². The maximum atomic E-state index is 9.48. The van der Waals surface area contributed by atoms with Crippen LogP contribution in [-0.2, 0) is 13.2 Å². The Morgan fingerprint density at radius 1 is 1.20 bits per heavy atom. The summed E-state index contributed by atoms with van der Waals surface area (Å²) < 4.78 is 1.95. The summed E-state index contributed by atoms with van der Waals surface area (Å²) in [6.07, 6.45) is 2.06. The highest BCUT2D eigenvalue weighted by atomic mass is 16.3. The quantitative estimate of drug-likeness (QED) is 0.880. The minimum atomic E-state index is -0.0421. The van der Waals surface area contributed by atoms with Gasteiger partial charge in [0.25, 0.3) is 0 Å². The van der Waals surface area contributed by atoms with Gasteiger partial charge in [0.2, 0.25) is 0 Å². The number of hydrogen-bond donors (Lipinski definition) is 1. The van der Waals surface area contributed by atoms with Crippen LogP contribution in [0.2, 0.25) is 0 Å². The highest BCUT2D eigenvalue weighted by Gasteiger charge is 2.19. The van der Waals surface area contributed by atoms with Gasteiger partial charge in [0.1, 0.15) is 5.69 Å². The zero-order valence-electron chi connectivity index (χ0n) is 12.5. The Labute approximate surface area is 120 Å². The van der Waals surface area contributed by atoms with E-state index in [1.165, 1.54) is 11.1 Å². The summed E-state index contributed by atoms with van der Waals surface area (Å²) >= 11 is 0. The number of aromatic nitrogens is 3. The van der Waals surface area contributed by atoms with Crippen LogP contribution in [0.3, 0.4) is 0 Å². The van der Waals surface area contributed by atoms with Crippen molar-refractivity contribution >= 4 is 0 Å². The summed E-state index contributed by atoms with van der Waals surface area (Å²) in [6, 6.07) is 8.31. The summed E-state index contributed by atoms with van der Waals surface area (Å²) in [4.78, 5) is 0. The fraction of sp³-hybridized carbons (Fsp3) is 0.500. The Morgan fingerprint density at radius 2 is 1.90 bits per heavy atom. The van der Waals surface area contributed by atoms with Gasteiger partial charge in [-0.05, 0) is 30.9 Å². The standard InChI is InChI=1S/C16H23N3O/c1-4-13(5-2)16-15(11-20)17-18-19(16)10-14-9-7-6-8-12(14)3/h6-9,13,20H,4-5,10-11H2,1-3H3. The monoisotopic (exact) mass is 273 g/mol. The van der Waals surface area contributed by atoms with E-state index in [9.17, 15) is 5.11 Å². The maximum absolute atomic E-state index is 9.48. The highest BCUT2D eigenvalue weighted by Crippen LogP contribution is 2.26. The molecule has 0 unspecified atom stereocenters. The van der Waals surface area contributed by atoms with Crippen molar-refractivity contribution in [2.75, 3.05) is 0 Å². The molecule has 20 heavy (non-hydrogen) atoms. The second-order valence-corrected chi connectivity index (χ2v) is 5.18. The molecule has 0 aliphatic rings. The number of aryl methyl sites for hydroxylation is 1. The molecular formula is C16H23N3O. The molecule has 1 N–H and O–H groups in total. The molecule has 108 valence electrons. The molecule has 4 heteroatoms. The number of benzene rings is 1. The largest absolute Gasteiger partial charge is 0.390 e. The van der Waals surface area contributed by atoms with Gasteiger partial charge in [0.15, 0.2) is 0 Å². The van der Waals surface area contributed by atoms with Gasteiger partial charge >= 0.3 is 0 Å². The first-order valence-corrected chi connectivity index (χ1v) is 7.28. The van der Waals surface area contributed by atoms with Gasteiger partial charge in [-0.2, -0.15) is 0 Å². The van der Waals surface area contributed by atoms with Crippen LogP contribution in [0.25, 0.3) is 0 Å². The number of aliphatic hydroxyl groups excluding tert-OH is 1. The summed E-state index contributed by atoms with van der Waals surface area (Å²) in [5.41, 5.74) is 4.30. The van der Waals surface area contributed by atoms with E-state index in [4.69, 9.17) is 0 Å². The molecule has 0 aliphatic heterocycles. The predicted molar refractivity (Wildman–Crippen MR) is 79.5 cm³/mol. The van der Waals surface area contributed by atoms with Crippen LogP contribution in [0.5, 0.6) is 0 Å². The van der Waals surface area contributed by atoms with Gasteiger partial charge in [-0.15, -0.1) is 5.10 Å².